The van der Waals surface area contributed by atoms with E-state index in [9.17, 15) is 0 Å². The van der Waals surface area contributed by atoms with Crippen LogP contribution in [0, 0.1) is 0 Å². The van der Waals surface area contributed by atoms with E-state index in [0.29, 0.717) is 0 Å². The molecule has 5 heteroatoms. The Morgan fingerprint density at radius 2 is 2.43 bits per heavy atom. The molecule has 1 rings (SSSR count). The Balaban J connectivity index is 2.28. The summed E-state index contributed by atoms with van der Waals surface area (Å²) in [6, 6.07) is 0.282. The lowest BCUT2D eigenvalue weighted by atomic mass is 10.3. The maximum atomic E-state index is 4.06. The normalized spacial score (nSPS) is 13.1. The summed E-state index contributed by atoms with van der Waals surface area (Å²) < 4.78 is 1.95. The molecule has 1 atom stereocenters. The molecule has 1 heterocycles. The molecule has 14 heavy (non-hydrogen) atoms. The first kappa shape index (κ1) is 11.5. The van der Waals surface area contributed by atoms with Gasteiger partial charge in [0, 0.05) is 7.05 Å². The average molecular weight is 214 g/mol. The van der Waals surface area contributed by atoms with Crippen molar-refractivity contribution < 1.29 is 0 Å². The molecule has 1 aromatic rings. The third kappa shape index (κ3) is 3.31. The molecule has 0 aliphatic carbocycles. The Morgan fingerprint density at radius 3 is 3.00 bits per heavy atom. The van der Waals surface area contributed by atoms with Crippen LogP contribution in [0.15, 0.2) is 6.33 Å². The van der Waals surface area contributed by atoms with Crippen LogP contribution in [0.4, 0.5) is 0 Å². The number of aromatic nitrogens is 3. The van der Waals surface area contributed by atoms with E-state index >= 15 is 0 Å². The zero-order valence-corrected chi connectivity index (χ0v) is 9.84. The third-order valence-electron chi connectivity index (χ3n) is 2.11. The second-order valence-corrected chi connectivity index (χ2v) is 4.31. The summed E-state index contributed by atoms with van der Waals surface area (Å²) in [5, 5.41) is 11.3. The summed E-state index contributed by atoms with van der Waals surface area (Å²) in [6.45, 7) is 3.15. The van der Waals surface area contributed by atoms with E-state index in [2.05, 4.69) is 28.7 Å². The molecule has 0 saturated carbocycles. The number of hydrogen-bond donors (Lipinski definition) is 1. The van der Waals surface area contributed by atoms with Crippen molar-refractivity contribution in [3.05, 3.63) is 12.2 Å². The SMILES string of the molecule is CSCCCNC(C)c1nncn1C. The number of thioether (sulfide) groups is 1. The number of hydrogen-bond acceptors (Lipinski definition) is 4. The van der Waals surface area contributed by atoms with Crippen LogP contribution in [0.25, 0.3) is 0 Å². The molecular formula is C9H18N4S. The largest absolute Gasteiger partial charge is 0.319 e. The Morgan fingerprint density at radius 1 is 1.64 bits per heavy atom. The van der Waals surface area contributed by atoms with E-state index < -0.39 is 0 Å². The summed E-state index contributed by atoms with van der Waals surface area (Å²) in [6.07, 6.45) is 5.06. The van der Waals surface area contributed by atoms with Crippen molar-refractivity contribution in [3.8, 4) is 0 Å². The van der Waals surface area contributed by atoms with Crippen molar-refractivity contribution in [3.63, 3.8) is 0 Å². The summed E-state index contributed by atoms with van der Waals surface area (Å²) in [5.74, 6) is 2.20. The smallest absolute Gasteiger partial charge is 0.149 e. The van der Waals surface area contributed by atoms with Crippen LogP contribution in [0.1, 0.15) is 25.2 Å². The Hall–Kier alpha value is -0.550. The molecule has 1 N–H and O–H groups in total. The molecule has 1 unspecified atom stereocenters. The first-order valence-electron chi connectivity index (χ1n) is 4.82. The van der Waals surface area contributed by atoms with E-state index in [-0.39, 0.29) is 6.04 Å². The van der Waals surface area contributed by atoms with Gasteiger partial charge in [-0.2, -0.15) is 11.8 Å². The summed E-state index contributed by atoms with van der Waals surface area (Å²) >= 11 is 1.88. The van der Waals surface area contributed by atoms with Gasteiger partial charge in [-0.3, -0.25) is 0 Å². The highest BCUT2D eigenvalue weighted by molar-refractivity contribution is 7.98. The van der Waals surface area contributed by atoms with Crippen LogP contribution in [0.5, 0.6) is 0 Å². The van der Waals surface area contributed by atoms with E-state index in [0.717, 1.165) is 12.4 Å². The fourth-order valence-electron chi connectivity index (χ4n) is 1.31. The zero-order valence-electron chi connectivity index (χ0n) is 9.03. The molecule has 0 aromatic carbocycles. The quantitative estimate of drug-likeness (QED) is 0.723. The maximum absolute atomic E-state index is 4.06. The second kappa shape index (κ2) is 6.03. The minimum absolute atomic E-state index is 0.282. The Kier molecular flexibility index (Phi) is 4.97. The van der Waals surface area contributed by atoms with Crippen molar-refractivity contribution in [1.29, 1.82) is 0 Å². The highest BCUT2D eigenvalue weighted by Gasteiger charge is 2.09. The van der Waals surface area contributed by atoms with Crippen molar-refractivity contribution in [2.24, 2.45) is 7.05 Å². The lowest BCUT2D eigenvalue weighted by Crippen LogP contribution is -2.22. The highest BCUT2D eigenvalue weighted by Crippen LogP contribution is 2.06. The topological polar surface area (TPSA) is 42.7 Å². The van der Waals surface area contributed by atoms with E-state index in [1.165, 1.54) is 12.2 Å². The number of rotatable bonds is 6. The number of nitrogens with one attached hydrogen (secondary N) is 1. The lowest BCUT2D eigenvalue weighted by molar-refractivity contribution is 0.528. The molecule has 0 amide bonds. The van der Waals surface area contributed by atoms with E-state index in [1.807, 2.05) is 23.4 Å². The van der Waals surface area contributed by atoms with Gasteiger partial charge in [-0.25, -0.2) is 0 Å². The van der Waals surface area contributed by atoms with Crippen LogP contribution in [0.3, 0.4) is 0 Å². The summed E-state index contributed by atoms with van der Waals surface area (Å²) in [7, 11) is 1.97. The molecule has 0 aliphatic rings. The minimum atomic E-state index is 0.282. The average Bonchev–Trinajstić information content (AvgIpc) is 2.59. The van der Waals surface area contributed by atoms with Crippen LogP contribution < -0.4 is 5.32 Å². The van der Waals surface area contributed by atoms with Gasteiger partial charge < -0.3 is 9.88 Å². The fraction of sp³-hybridized carbons (Fsp3) is 0.778. The summed E-state index contributed by atoms with van der Waals surface area (Å²) in [4.78, 5) is 0. The van der Waals surface area contributed by atoms with Crippen LogP contribution in [-0.4, -0.2) is 33.3 Å². The molecule has 0 fully saturated rings. The molecule has 80 valence electrons. The standard InChI is InChI=1S/C9H18N4S/c1-8(10-5-4-6-14-3)9-12-11-7-13(9)2/h7-8,10H,4-6H2,1-3H3. The number of aryl methyl sites for hydroxylation is 1. The number of nitrogens with zero attached hydrogens (tertiary/aromatic N) is 3. The second-order valence-electron chi connectivity index (χ2n) is 3.32. The van der Waals surface area contributed by atoms with Crippen LogP contribution >= 0.6 is 11.8 Å². The molecule has 0 radical (unpaired) electrons. The highest BCUT2D eigenvalue weighted by atomic mass is 32.2. The molecule has 0 aliphatic heterocycles. The molecule has 0 spiro atoms. The van der Waals surface area contributed by atoms with Crippen molar-refractivity contribution in [1.82, 2.24) is 20.1 Å². The zero-order chi connectivity index (χ0) is 10.4. The third-order valence-corrected chi connectivity index (χ3v) is 2.81. The first-order chi connectivity index (χ1) is 6.75. The summed E-state index contributed by atoms with van der Waals surface area (Å²) in [5.41, 5.74) is 0. The molecule has 0 bridgehead atoms. The van der Waals surface area contributed by atoms with Crippen molar-refractivity contribution >= 4 is 11.8 Å². The fourth-order valence-corrected chi connectivity index (χ4v) is 1.74. The van der Waals surface area contributed by atoms with Crippen molar-refractivity contribution in [2.45, 2.75) is 19.4 Å². The van der Waals surface area contributed by atoms with Crippen LogP contribution in [0.2, 0.25) is 0 Å². The van der Waals surface area contributed by atoms with Gasteiger partial charge in [0.2, 0.25) is 0 Å². The molecule has 1 aromatic heterocycles. The van der Waals surface area contributed by atoms with Crippen LogP contribution in [-0.2, 0) is 7.05 Å². The van der Waals surface area contributed by atoms with E-state index in [4.69, 9.17) is 0 Å². The van der Waals surface area contributed by atoms with Crippen molar-refractivity contribution in [2.75, 3.05) is 18.6 Å². The predicted octanol–water partition coefficient (Wildman–Crippen LogP) is 1.22. The van der Waals surface area contributed by atoms with Gasteiger partial charge in [0.05, 0.1) is 6.04 Å². The van der Waals surface area contributed by atoms with Gasteiger partial charge in [-0.15, -0.1) is 10.2 Å². The van der Waals surface area contributed by atoms with Gasteiger partial charge in [0.25, 0.3) is 0 Å². The monoisotopic (exact) mass is 214 g/mol. The van der Waals surface area contributed by atoms with Gasteiger partial charge in [-0.1, -0.05) is 0 Å². The maximum Gasteiger partial charge on any atom is 0.149 e. The Bertz CT molecular complexity index is 261. The van der Waals surface area contributed by atoms with Gasteiger partial charge >= 0.3 is 0 Å². The Labute approximate surface area is 89.5 Å². The minimum Gasteiger partial charge on any atom is -0.319 e. The van der Waals surface area contributed by atoms with Gasteiger partial charge in [0.15, 0.2) is 0 Å². The molecule has 0 saturated heterocycles. The van der Waals surface area contributed by atoms with Gasteiger partial charge in [0.1, 0.15) is 12.2 Å². The first-order valence-corrected chi connectivity index (χ1v) is 6.21. The van der Waals surface area contributed by atoms with E-state index in [1.54, 1.807) is 6.33 Å². The van der Waals surface area contributed by atoms with Gasteiger partial charge in [-0.05, 0) is 31.9 Å². The molecular weight excluding hydrogens is 196 g/mol. The lowest BCUT2D eigenvalue weighted by Gasteiger charge is -2.12. The molecule has 4 nitrogen and oxygen atoms in total. The predicted molar refractivity (Wildman–Crippen MR) is 60.4 cm³/mol.